The van der Waals surface area contributed by atoms with Gasteiger partial charge in [0.2, 0.25) is 5.91 Å². The standard InChI is InChI=1S/C10H12N4O5/c1-11-8(15)2-3-12-9-7(10(16)17)4-6(5-13-9)14(18)19/h4-5H,2-3H2,1H3,(H,11,15)(H,12,13)(H,16,17). The lowest BCUT2D eigenvalue weighted by molar-refractivity contribution is -0.385. The minimum absolute atomic E-state index is 0.0120. The first-order chi connectivity index (χ1) is 8.95. The molecule has 9 heteroatoms. The molecule has 0 fully saturated rings. The summed E-state index contributed by atoms with van der Waals surface area (Å²) < 4.78 is 0. The second kappa shape index (κ2) is 6.28. The fourth-order valence-electron chi connectivity index (χ4n) is 1.28. The lowest BCUT2D eigenvalue weighted by Gasteiger charge is -2.07. The number of aromatic carboxylic acids is 1. The number of hydrogen-bond acceptors (Lipinski definition) is 6. The predicted molar refractivity (Wildman–Crippen MR) is 65.0 cm³/mol. The van der Waals surface area contributed by atoms with Crippen molar-refractivity contribution in [2.24, 2.45) is 0 Å². The molecule has 1 aromatic rings. The van der Waals surface area contributed by atoms with Crippen molar-refractivity contribution >= 4 is 23.4 Å². The van der Waals surface area contributed by atoms with Crippen molar-refractivity contribution in [2.45, 2.75) is 6.42 Å². The van der Waals surface area contributed by atoms with E-state index in [2.05, 4.69) is 15.6 Å². The van der Waals surface area contributed by atoms with Crippen LogP contribution in [0.3, 0.4) is 0 Å². The number of nitro groups is 1. The molecular formula is C10H12N4O5. The van der Waals surface area contributed by atoms with Crippen molar-refractivity contribution in [1.29, 1.82) is 0 Å². The molecule has 0 aliphatic carbocycles. The highest BCUT2D eigenvalue weighted by Gasteiger charge is 2.17. The summed E-state index contributed by atoms with van der Waals surface area (Å²) in [7, 11) is 1.48. The Balaban J connectivity index is 2.85. The molecule has 3 N–H and O–H groups in total. The van der Waals surface area contributed by atoms with E-state index in [1.165, 1.54) is 7.05 Å². The third-order valence-corrected chi connectivity index (χ3v) is 2.24. The molecule has 0 bridgehead atoms. The quantitative estimate of drug-likeness (QED) is 0.496. The smallest absolute Gasteiger partial charge is 0.339 e. The van der Waals surface area contributed by atoms with Crippen LogP contribution < -0.4 is 10.6 Å². The van der Waals surface area contributed by atoms with E-state index < -0.39 is 16.6 Å². The highest BCUT2D eigenvalue weighted by Crippen LogP contribution is 2.18. The molecule has 9 nitrogen and oxygen atoms in total. The molecule has 0 radical (unpaired) electrons. The van der Waals surface area contributed by atoms with Gasteiger partial charge in [-0.05, 0) is 0 Å². The lowest BCUT2D eigenvalue weighted by atomic mass is 10.2. The number of carbonyl (C=O) groups excluding carboxylic acids is 1. The van der Waals surface area contributed by atoms with Crippen LogP contribution in [0, 0.1) is 10.1 Å². The molecule has 1 rings (SSSR count). The highest BCUT2D eigenvalue weighted by molar-refractivity contribution is 5.93. The number of rotatable bonds is 6. The van der Waals surface area contributed by atoms with Crippen LogP contribution >= 0.6 is 0 Å². The number of amides is 1. The first kappa shape index (κ1) is 14.4. The topological polar surface area (TPSA) is 134 Å². The minimum atomic E-state index is -1.33. The van der Waals surface area contributed by atoms with Crippen LogP contribution in [0.4, 0.5) is 11.5 Å². The Morgan fingerprint density at radius 3 is 2.74 bits per heavy atom. The first-order valence-corrected chi connectivity index (χ1v) is 5.28. The third-order valence-electron chi connectivity index (χ3n) is 2.24. The number of anilines is 1. The summed E-state index contributed by atoms with van der Waals surface area (Å²) in [5.74, 6) is -1.56. The van der Waals surface area contributed by atoms with Gasteiger partial charge in [0.05, 0.1) is 4.92 Å². The first-order valence-electron chi connectivity index (χ1n) is 5.28. The van der Waals surface area contributed by atoms with Crippen molar-refractivity contribution < 1.29 is 19.6 Å². The Bertz CT molecular complexity index is 517. The Morgan fingerprint density at radius 2 is 2.21 bits per heavy atom. The summed E-state index contributed by atoms with van der Waals surface area (Å²) in [5, 5.41) is 24.5. The van der Waals surface area contributed by atoms with Crippen molar-refractivity contribution in [3.63, 3.8) is 0 Å². The van der Waals surface area contributed by atoms with Crippen molar-refractivity contribution in [3.8, 4) is 0 Å². The Labute approximate surface area is 107 Å². The van der Waals surface area contributed by atoms with Gasteiger partial charge in [0.1, 0.15) is 17.6 Å². The van der Waals surface area contributed by atoms with Gasteiger partial charge in [0.25, 0.3) is 5.69 Å². The molecule has 1 aromatic heterocycles. The van der Waals surface area contributed by atoms with Crippen LogP contribution in [-0.4, -0.2) is 40.5 Å². The molecule has 1 amide bonds. The van der Waals surface area contributed by atoms with Crippen LogP contribution in [0.2, 0.25) is 0 Å². The van der Waals surface area contributed by atoms with E-state index in [0.717, 1.165) is 12.3 Å². The molecule has 0 aliphatic heterocycles. The normalized spacial score (nSPS) is 9.74. The van der Waals surface area contributed by atoms with Gasteiger partial charge in [-0.3, -0.25) is 14.9 Å². The average Bonchev–Trinajstić information content (AvgIpc) is 2.38. The summed E-state index contributed by atoms with van der Waals surface area (Å²) in [6.07, 6.45) is 1.09. The summed E-state index contributed by atoms with van der Waals surface area (Å²) in [6, 6.07) is 0.914. The maximum atomic E-state index is 11.0. The second-order valence-corrected chi connectivity index (χ2v) is 3.50. The van der Waals surface area contributed by atoms with E-state index in [1.54, 1.807) is 0 Å². The molecule has 0 unspecified atom stereocenters. The fraction of sp³-hybridized carbons (Fsp3) is 0.300. The van der Waals surface area contributed by atoms with Gasteiger partial charge < -0.3 is 15.7 Å². The van der Waals surface area contributed by atoms with Gasteiger partial charge in [-0.15, -0.1) is 0 Å². The molecule has 19 heavy (non-hydrogen) atoms. The Kier molecular flexibility index (Phi) is 4.75. The fourth-order valence-corrected chi connectivity index (χ4v) is 1.28. The third kappa shape index (κ3) is 3.91. The predicted octanol–water partition coefficient (Wildman–Crippen LogP) is 0.236. The van der Waals surface area contributed by atoms with Gasteiger partial charge >= 0.3 is 5.97 Å². The minimum Gasteiger partial charge on any atom is -0.478 e. The number of hydrogen-bond donors (Lipinski definition) is 3. The van der Waals surface area contributed by atoms with Crippen LogP contribution in [0.1, 0.15) is 16.8 Å². The molecule has 0 aliphatic rings. The molecule has 1 heterocycles. The van der Waals surface area contributed by atoms with Crippen LogP contribution in [-0.2, 0) is 4.79 Å². The maximum absolute atomic E-state index is 11.0. The number of pyridine rings is 1. The van der Waals surface area contributed by atoms with E-state index in [0.29, 0.717) is 0 Å². The Morgan fingerprint density at radius 1 is 1.53 bits per heavy atom. The van der Waals surface area contributed by atoms with E-state index in [9.17, 15) is 19.7 Å². The van der Waals surface area contributed by atoms with Crippen LogP contribution in [0.5, 0.6) is 0 Å². The van der Waals surface area contributed by atoms with Gasteiger partial charge in [-0.1, -0.05) is 0 Å². The summed E-state index contributed by atoms with van der Waals surface area (Å²) >= 11 is 0. The lowest BCUT2D eigenvalue weighted by Crippen LogP contribution is -2.21. The summed E-state index contributed by atoms with van der Waals surface area (Å²) in [5.41, 5.74) is -0.722. The van der Waals surface area contributed by atoms with Gasteiger partial charge in [-0.2, -0.15) is 0 Å². The SMILES string of the molecule is CNC(=O)CCNc1ncc([N+](=O)[O-])cc1C(=O)O. The number of aromatic nitrogens is 1. The van der Waals surface area contributed by atoms with Crippen LogP contribution in [0.25, 0.3) is 0 Å². The molecule has 0 saturated heterocycles. The summed E-state index contributed by atoms with van der Waals surface area (Å²) in [6.45, 7) is 0.171. The molecular weight excluding hydrogens is 256 g/mol. The Hall–Kier alpha value is -2.71. The molecule has 0 atom stereocenters. The van der Waals surface area contributed by atoms with Crippen molar-refractivity contribution in [1.82, 2.24) is 10.3 Å². The highest BCUT2D eigenvalue weighted by atomic mass is 16.6. The number of carbonyl (C=O) groups is 2. The number of nitrogens with zero attached hydrogens (tertiary/aromatic N) is 2. The molecule has 0 spiro atoms. The van der Waals surface area contributed by atoms with E-state index >= 15 is 0 Å². The zero-order valence-electron chi connectivity index (χ0n) is 10.0. The van der Waals surface area contributed by atoms with Gasteiger partial charge in [0.15, 0.2) is 0 Å². The van der Waals surface area contributed by atoms with E-state index in [-0.39, 0.29) is 30.3 Å². The monoisotopic (exact) mass is 268 g/mol. The second-order valence-electron chi connectivity index (χ2n) is 3.50. The molecule has 0 aromatic carbocycles. The number of carboxylic acids is 1. The average molecular weight is 268 g/mol. The van der Waals surface area contributed by atoms with Gasteiger partial charge in [0, 0.05) is 26.1 Å². The van der Waals surface area contributed by atoms with Crippen LogP contribution in [0.15, 0.2) is 12.3 Å². The maximum Gasteiger partial charge on any atom is 0.339 e. The van der Waals surface area contributed by atoms with Crippen molar-refractivity contribution in [2.75, 3.05) is 18.9 Å². The summed E-state index contributed by atoms with van der Waals surface area (Å²) in [4.78, 5) is 35.4. The van der Waals surface area contributed by atoms with E-state index in [1.807, 2.05) is 0 Å². The van der Waals surface area contributed by atoms with E-state index in [4.69, 9.17) is 5.11 Å². The number of nitrogens with one attached hydrogen (secondary N) is 2. The molecule has 102 valence electrons. The van der Waals surface area contributed by atoms with Crippen molar-refractivity contribution in [3.05, 3.63) is 27.9 Å². The largest absolute Gasteiger partial charge is 0.478 e. The number of carboxylic acid groups (broad SMARTS) is 1. The van der Waals surface area contributed by atoms with Gasteiger partial charge in [-0.25, -0.2) is 9.78 Å². The molecule has 0 saturated carbocycles. The zero-order chi connectivity index (χ0) is 14.4. The zero-order valence-corrected chi connectivity index (χ0v) is 10.0.